The average molecular weight is 275 g/mol. The van der Waals surface area contributed by atoms with Gasteiger partial charge in [0.05, 0.1) is 0 Å². The van der Waals surface area contributed by atoms with Crippen molar-refractivity contribution in [1.82, 2.24) is 10.3 Å². The van der Waals surface area contributed by atoms with Crippen LogP contribution in [0, 0.1) is 12.8 Å². The first-order valence-corrected chi connectivity index (χ1v) is 8.00. The molecule has 1 fully saturated rings. The molecule has 0 radical (unpaired) electrons. The van der Waals surface area contributed by atoms with E-state index in [0.29, 0.717) is 6.04 Å². The lowest BCUT2D eigenvalue weighted by Gasteiger charge is -2.35. The fraction of sp³-hybridized carbons (Fsp3) is 0.706. The number of hydrogen-bond acceptors (Lipinski definition) is 3. The van der Waals surface area contributed by atoms with E-state index in [2.05, 4.69) is 44.1 Å². The van der Waals surface area contributed by atoms with Crippen molar-refractivity contribution in [1.29, 1.82) is 0 Å². The molecule has 1 aromatic heterocycles. The van der Waals surface area contributed by atoms with Crippen molar-refractivity contribution in [3.05, 3.63) is 23.4 Å². The maximum absolute atomic E-state index is 4.72. The number of rotatable bonds is 5. The van der Waals surface area contributed by atoms with Gasteiger partial charge in [0.2, 0.25) is 0 Å². The lowest BCUT2D eigenvalue weighted by atomic mass is 9.86. The molecular formula is C17H29N3. The van der Waals surface area contributed by atoms with Gasteiger partial charge in [-0.15, -0.1) is 0 Å². The van der Waals surface area contributed by atoms with E-state index in [4.69, 9.17) is 4.98 Å². The van der Waals surface area contributed by atoms with Crippen LogP contribution in [0.2, 0.25) is 0 Å². The van der Waals surface area contributed by atoms with Crippen LogP contribution in [0.4, 0.5) is 5.82 Å². The Morgan fingerprint density at radius 3 is 2.85 bits per heavy atom. The van der Waals surface area contributed by atoms with Crippen molar-refractivity contribution in [2.24, 2.45) is 5.92 Å². The predicted octanol–water partition coefficient (Wildman–Crippen LogP) is 3.51. The Balaban J connectivity index is 2.07. The van der Waals surface area contributed by atoms with Gasteiger partial charge in [0, 0.05) is 25.8 Å². The molecule has 112 valence electrons. The summed E-state index contributed by atoms with van der Waals surface area (Å²) in [5.41, 5.74) is 2.57. The molecule has 3 nitrogen and oxygen atoms in total. The Kier molecular flexibility index (Phi) is 5.41. The third-order valence-corrected chi connectivity index (χ3v) is 4.48. The van der Waals surface area contributed by atoms with Crippen LogP contribution in [-0.2, 0) is 6.54 Å². The van der Waals surface area contributed by atoms with Gasteiger partial charge in [-0.1, -0.05) is 26.7 Å². The van der Waals surface area contributed by atoms with Gasteiger partial charge in [0.15, 0.2) is 0 Å². The SMILES string of the molecule is CCNCc1cnc(N(C)C2CCCC(C)C2)c(C)c1. The molecule has 0 bridgehead atoms. The van der Waals surface area contributed by atoms with Crippen LogP contribution in [0.15, 0.2) is 12.3 Å². The zero-order chi connectivity index (χ0) is 14.5. The molecule has 0 aliphatic heterocycles. The number of pyridine rings is 1. The third-order valence-electron chi connectivity index (χ3n) is 4.48. The smallest absolute Gasteiger partial charge is 0.131 e. The number of anilines is 1. The Bertz CT molecular complexity index is 430. The first kappa shape index (κ1) is 15.3. The Morgan fingerprint density at radius 1 is 1.40 bits per heavy atom. The van der Waals surface area contributed by atoms with E-state index in [-0.39, 0.29) is 0 Å². The van der Waals surface area contributed by atoms with Crippen LogP contribution in [0.3, 0.4) is 0 Å². The van der Waals surface area contributed by atoms with E-state index in [0.717, 1.165) is 24.8 Å². The van der Waals surface area contributed by atoms with Gasteiger partial charge < -0.3 is 10.2 Å². The van der Waals surface area contributed by atoms with Crippen molar-refractivity contribution >= 4 is 5.82 Å². The van der Waals surface area contributed by atoms with E-state index < -0.39 is 0 Å². The maximum Gasteiger partial charge on any atom is 0.131 e. The van der Waals surface area contributed by atoms with Crippen LogP contribution < -0.4 is 10.2 Å². The van der Waals surface area contributed by atoms with Gasteiger partial charge in [-0.2, -0.15) is 0 Å². The molecule has 0 saturated heterocycles. The summed E-state index contributed by atoms with van der Waals surface area (Å²) in [5, 5.41) is 3.36. The van der Waals surface area contributed by atoms with Crippen molar-refractivity contribution in [3.63, 3.8) is 0 Å². The fourth-order valence-electron chi connectivity index (χ4n) is 3.29. The normalized spacial score (nSPS) is 22.8. The molecule has 2 unspecified atom stereocenters. The minimum absolute atomic E-state index is 0.657. The Labute approximate surface area is 123 Å². The molecule has 1 aliphatic carbocycles. The lowest BCUT2D eigenvalue weighted by molar-refractivity contribution is 0.335. The first-order valence-electron chi connectivity index (χ1n) is 8.00. The van der Waals surface area contributed by atoms with Crippen molar-refractivity contribution in [3.8, 4) is 0 Å². The molecule has 20 heavy (non-hydrogen) atoms. The quantitative estimate of drug-likeness (QED) is 0.891. The lowest BCUT2D eigenvalue weighted by Crippen LogP contribution is -2.36. The minimum atomic E-state index is 0.657. The number of nitrogens with zero attached hydrogens (tertiary/aromatic N) is 2. The minimum Gasteiger partial charge on any atom is -0.356 e. The molecule has 3 heteroatoms. The van der Waals surface area contributed by atoms with Gasteiger partial charge in [0.1, 0.15) is 5.82 Å². The second-order valence-electron chi connectivity index (χ2n) is 6.30. The summed E-state index contributed by atoms with van der Waals surface area (Å²) < 4.78 is 0. The molecule has 1 heterocycles. The van der Waals surface area contributed by atoms with E-state index in [1.54, 1.807) is 0 Å². The molecule has 1 aromatic rings. The number of hydrogen-bond donors (Lipinski definition) is 1. The van der Waals surface area contributed by atoms with Crippen molar-refractivity contribution < 1.29 is 0 Å². The summed E-state index contributed by atoms with van der Waals surface area (Å²) in [5.74, 6) is 2.01. The van der Waals surface area contributed by atoms with E-state index >= 15 is 0 Å². The van der Waals surface area contributed by atoms with Crippen LogP contribution in [0.5, 0.6) is 0 Å². The highest BCUT2D eigenvalue weighted by molar-refractivity contribution is 5.47. The average Bonchev–Trinajstić information content (AvgIpc) is 2.44. The van der Waals surface area contributed by atoms with Crippen LogP contribution in [0.25, 0.3) is 0 Å². The molecule has 2 rings (SSSR count). The molecule has 0 spiro atoms. The summed E-state index contributed by atoms with van der Waals surface area (Å²) in [4.78, 5) is 7.12. The van der Waals surface area contributed by atoms with E-state index in [1.165, 1.54) is 36.8 Å². The van der Waals surface area contributed by atoms with Crippen LogP contribution in [0.1, 0.15) is 50.7 Å². The molecule has 2 atom stereocenters. The second kappa shape index (κ2) is 7.07. The highest BCUT2D eigenvalue weighted by Crippen LogP contribution is 2.30. The Hall–Kier alpha value is -1.09. The molecular weight excluding hydrogens is 246 g/mol. The fourth-order valence-corrected chi connectivity index (χ4v) is 3.29. The first-order chi connectivity index (χ1) is 9.61. The maximum atomic E-state index is 4.72. The van der Waals surface area contributed by atoms with Crippen molar-refractivity contribution in [2.45, 2.75) is 59.0 Å². The van der Waals surface area contributed by atoms with Gasteiger partial charge in [-0.25, -0.2) is 4.98 Å². The zero-order valence-electron chi connectivity index (χ0n) is 13.4. The van der Waals surface area contributed by atoms with Gasteiger partial charge in [0.25, 0.3) is 0 Å². The molecule has 1 N–H and O–H groups in total. The zero-order valence-corrected chi connectivity index (χ0v) is 13.4. The summed E-state index contributed by atoms with van der Waals surface area (Å²) in [7, 11) is 2.21. The molecule has 1 saturated carbocycles. The van der Waals surface area contributed by atoms with E-state index in [1.807, 2.05) is 6.20 Å². The third kappa shape index (κ3) is 3.72. The number of aromatic nitrogens is 1. The topological polar surface area (TPSA) is 28.2 Å². The van der Waals surface area contributed by atoms with Crippen molar-refractivity contribution in [2.75, 3.05) is 18.5 Å². The standard InChI is InChI=1S/C17H29N3/c1-5-18-11-15-10-14(3)17(19-12-15)20(4)16-8-6-7-13(2)9-16/h10,12-13,16,18H,5-9,11H2,1-4H3. The largest absolute Gasteiger partial charge is 0.356 e. The highest BCUT2D eigenvalue weighted by atomic mass is 15.2. The Morgan fingerprint density at radius 2 is 2.20 bits per heavy atom. The summed E-state index contributed by atoms with van der Waals surface area (Å²) in [6.45, 7) is 8.60. The highest BCUT2D eigenvalue weighted by Gasteiger charge is 2.23. The molecule has 0 aromatic carbocycles. The van der Waals surface area contributed by atoms with Crippen LogP contribution in [-0.4, -0.2) is 24.6 Å². The molecule has 0 amide bonds. The number of aryl methyl sites for hydroxylation is 1. The van der Waals surface area contributed by atoms with E-state index in [9.17, 15) is 0 Å². The van der Waals surface area contributed by atoms with Gasteiger partial charge >= 0.3 is 0 Å². The van der Waals surface area contributed by atoms with Crippen LogP contribution >= 0.6 is 0 Å². The molecule has 1 aliphatic rings. The second-order valence-corrected chi connectivity index (χ2v) is 6.30. The number of nitrogens with one attached hydrogen (secondary N) is 1. The monoisotopic (exact) mass is 275 g/mol. The van der Waals surface area contributed by atoms with Gasteiger partial charge in [-0.3, -0.25) is 0 Å². The predicted molar refractivity (Wildman–Crippen MR) is 86.2 cm³/mol. The van der Waals surface area contributed by atoms with Gasteiger partial charge in [-0.05, 0) is 49.4 Å². The summed E-state index contributed by atoms with van der Waals surface area (Å²) in [6, 6.07) is 2.93. The summed E-state index contributed by atoms with van der Waals surface area (Å²) in [6.07, 6.45) is 7.37. The summed E-state index contributed by atoms with van der Waals surface area (Å²) >= 11 is 0.